The second kappa shape index (κ2) is 7.61. The van der Waals surface area contributed by atoms with Crippen molar-refractivity contribution >= 4 is 23.5 Å². The molecule has 0 bridgehead atoms. The van der Waals surface area contributed by atoms with Crippen LogP contribution in [0.2, 0.25) is 0 Å². The minimum atomic E-state index is -0.368. The van der Waals surface area contributed by atoms with Crippen molar-refractivity contribution in [3.8, 4) is 0 Å². The lowest BCUT2D eigenvalue weighted by Crippen LogP contribution is -2.13. The van der Waals surface area contributed by atoms with Gasteiger partial charge in [0.15, 0.2) is 10.9 Å². The van der Waals surface area contributed by atoms with Crippen molar-refractivity contribution in [2.24, 2.45) is 12.8 Å². The topological polar surface area (TPSA) is 90.9 Å². The number of nitrogens with two attached hydrogens (primary N) is 1. The Morgan fingerprint density at radius 1 is 1.12 bits per heavy atom. The van der Waals surface area contributed by atoms with Gasteiger partial charge < -0.3 is 10.3 Å². The molecule has 0 aliphatic carbocycles. The molecular formula is C17H22N4O2S. The average Bonchev–Trinajstić information content (AvgIpc) is 2.86. The smallest absolute Gasteiger partial charge is 0.217 e. The highest BCUT2D eigenvalue weighted by Gasteiger charge is 2.15. The number of thioether (sulfide) groups is 1. The van der Waals surface area contributed by atoms with Crippen molar-refractivity contribution in [2.75, 3.05) is 5.75 Å². The van der Waals surface area contributed by atoms with Crippen molar-refractivity contribution < 1.29 is 9.59 Å². The number of rotatable bonds is 7. The van der Waals surface area contributed by atoms with E-state index in [0.717, 1.165) is 16.7 Å². The quantitative estimate of drug-likeness (QED) is 0.612. The zero-order valence-electron chi connectivity index (χ0n) is 14.4. The van der Waals surface area contributed by atoms with Crippen LogP contribution in [0.1, 0.15) is 39.3 Å². The lowest BCUT2D eigenvalue weighted by atomic mass is 9.99. The summed E-state index contributed by atoms with van der Waals surface area (Å²) >= 11 is 1.35. The number of hydrogen-bond donors (Lipinski definition) is 1. The molecule has 2 N–H and O–H groups in total. The Kier molecular flexibility index (Phi) is 5.77. The zero-order valence-corrected chi connectivity index (χ0v) is 15.2. The third-order valence-corrected chi connectivity index (χ3v) is 5.01. The number of aromatic nitrogens is 3. The van der Waals surface area contributed by atoms with E-state index in [9.17, 15) is 9.59 Å². The molecule has 0 aliphatic rings. The van der Waals surface area contributed by atoms with E-state index in [2.05, 4.69) is 10.2 Å². The van der Waals surface area contributed by atoms with Gasteiger partial charge in [0.25, 0.3) is 0 Å². The van der Waals surface area contributed by atoms with Gasteiger partial charge in [-0.05, 0) is 43.5 Å². The van der Waals surface area contributed by atoms with Gasteiger partial charge in [0, 0.05) is 25.5 Å². The first-order valence-corrected chi connectivity index (χ1v) is 8.68. The number of primary amides is 1. The highest BCUT2D eigenvalue weighted by atomic mass is 32.2. The van der Waals surface area contributed by atoms with Crippen LogP contribution in [0.3, 0.4) is 0 Å². The van der Waals surface area contributed by atoms with Crippen molar-refractivity contribution in [3.63, 3.8) is 0 Å². The van der Waals surface area contributed by atoms with E-state index in [4.69, 9.17) is 5.73 Å². The summed E-state index contributed by atoms with van der Waals surface area (Å²) in [4.78, 5) is 23.4. The van der Waals surface area contributed by atoms with E-state index < -0.39 is 0 Å². The Labute approximate surface area is 145 Å². The molecule has 24 heavy (non-hydrogen) atoms. The molecule has 7 heteroatoms. The molecule has 0 unspecified atom stereocenters. The maximum atomic E-state index is 12.5. The molecule has 1 amide bonds. The molecule has 128 valence electrons. The van der Waals surface area contributed by atoms with Crippen molar-refractivity contribution in [1.29, 1.82) is 0 Å². The molecule has 0 saturated heterocycles. The Bertz CT molecular complexity index is 783. The third-order valence-electron chi connectivity index (χ3n) is 3.99. The minimum Gasteiger partial charge on any atom is -0.370 e. The van der Waals surface area contributed by atoms with Crippen LogP contribution in [-0.4, -0.2) is 32.2 Å². The van der Waals surface area contributed by atoms with Crippen LogP contribution >= 0.6 is 11.8 Å². The normalized spacial score (nSPS) is 10.8. The summed E-state index contributed by atoms with van der Waals surface area (Å²) in [6.07, 6.45) is 0.682. The van der Waals surface area contributed by atoms with Gasteiger partial charge >= 0.3 is 0 Å². The SMILES string of the molecule is Cc1cc(C)c(C(=O)CSc2nnc(CCC(N)=O)n2C)cc1C. The predicted molar refractivity (Wildman–Crippen MR) is 94.2 cm³/mol. The molecular weight excluding hydrogens is 324 g/mol. The van der Waals surface area contributed by atoms with Crippen LogP contribution in [0.25, 0.3) is 0 Å². The number of aryl methyl sites for hydroxylation is 4. The Balaban J connectivity index is 2.04. The van der Waals surface area contributed by atoms with Gasteiger partial charge in [0.05, 0.1) is 5.75 Å². The molecule has 2 aromatic rings. The van der Waals surface area contributed by atoms with Crippen LogP contribution in [0.15, 0.2) is 17.3 Å². The van der Waals surface area contributed by atoms with Crippen molar-refractivity contribution in [3.05, 3.63) is 40.2 Å². The number of hydrogen-bond acceptors (Lipinski definition) is 5. The fraction of sp³-hybridized carbons (Fsp3) is 0.412. The fourth-order valence-electron chi connectivity index (χ4n) is 2.39. The van der Waals surface area contributed by atoms with E-state index in [-0.39, 0.29) is 18.1 Å². The summed E-state index contributed by atoms with van der Waals surface area (Å²) in [5, 5.41) is 8.80. The number of ketones is 1. The lowest BCUT2D eigenvalue weighted by molar-refractivity contribution is -0.118. The number of Topliss-reactive ketones (excluding diaryl/α,β-unsaturated/α-hetero) is 1. The van der Waals surface area contributed by atoms with E-state index >= 15 is 0 Å². The van der Waals surface area contributed by atoms with E-state index in [1.54, 1.807) is 4.57 Å². The van der Waals surface area contributed by atoms with Crippen molar-refractivity contribution in [2.45, 2.75) is 38.8 Å². The van der Waals surface area contributed by atoms with Gasteiger partial charge in [0.2, 0.25) is 5.91 Å². The van der Waals surface area contributed by atoms with Crippen LogP contribution < -0.4 is 5.73 Å². The Morgan fingerprint density at radius 3 is 2.46 bits per heavy atom. The van der Waals surface area contributed by atoms with Gasteiger partial charge in [-0.3, -0.25) is 9.59 Å². The highest BCUT2D eigenvalue weighted by molar-refractivity contribution is 7.99. The molecule has 0 atom stereocenters. The molecule has 0 aliphatic heterocycles. The Morgan fingerprint density at radius 2 is 1.79 bits per heavy atom. The van der Waals surface area contributed by atoms with E-state index in [0.29, 0.717) is 23.2 Å². The van der Waals surface area contributed by atoms with Crippen LogP contribution in [0.5, 0.6) is 0 Å². The van der Waals surface area contributed by atoms with Crippen LogP contribution in [0.4, 0.5) is 0 Å². The van der Waals surface area contributed by atoms with E-state index in [1.807, 2.05) is 40.0 Å². The first kappa shape index (κ1) is 18.2. The number of carbonyl (C=O) groups excluding carboxylic acids is 2. The maximum absolute atomic E-state index is 12.5. The molecule has 6 nitrogen and oxygen atoms in total. The number of nitrogens with zero attached hydrogens (tertiary/aromatic N) is 3. The largest absolute Gasteiger partial charge is 0.370 e. The number of amides is 1. The van der Waals surface area contributed by atoms with E-state index in [1.165, 1.54) is 17.3 Å². The molecule has 1 aromatic heterocycles. The summed E-state index contributed by atoms with van der Waals surface area (Å²) in [6, 6.07) is 3.99. The average molecular weight is 346 g/mol. The van der Waals surface area contributed by atoms with Crippen LogP contribution in [-0.2, 0) is 18.3 Å². The molecule has 0 fully saturated rings. The van der Waals surface area contributed by atoms with Gasteiger partial charge in [0.1, 0.15) is 5.82 Å². The second-order valence-electron chi connectivity index (χ2n) is 5.89. The standard InChI is InChI=1S/C17H22N4O2S/c1-10-7-12(3)13(8-11(10)2)14(22)9-24-17-20-19-16(21(17)4)6-5-15(18)23/h7-8H,5-6,9H2,1-4H3,(H2,18,23). The van der Waals surface area contributed by atoms with Gasteiger partial charge in [-0.15, -0.1) is 10.2 Å². The second-order valence-corrected chi connectivity index (χ2v) is 6.83. The van der Waals surface area contributed by atoms with Crippen molar-refractivity contribution in [1.82, 2.24) is 14.8 Å². The van der Waals surface area contributed by atoms with Gasteiger partial charge in [-0.2, -0.15) is 0 Å². The van der Waals surface area contributed by atoms with Crippen LogP contribution in [0, 0.1) is 20.8 Å². The predicted octanol–water partition coefficient (Wildman–Crippen LogP) is 2.13. The Hall–Kier alpha value is -2.15. The molecule has 2 rings (SSSR count). The molecule has 0 radical (unpaired) electrons. The monoisotopic (exact) mass is 346 g/mol. The lowest BCUT2D eigenvalue weighted by Gasteiger charge is -2.09. The third kappa shape index (κ3) is 4.23. The maximum Gasteiger partial charge on any atom is 0.217 e. The highest BCUT2D eigenvalue weighted by Crippen LogP contribution is 2.21. The molecule has 0 spiro atoms. The molecule has 1 aromatic carbocycles. The fourth-order valence-corrected chi connectivity index (χ4v) is 3.21. The molecule has 1 heterocycles. The zero-order chi connectivity index (χ0) is 17.9. The number of benzene rings is 1. The summed E-state index contributed by atoms with van der Waals surface area (Å²) in [6.45, 7) is 6.00. The summed E-state index contributed by atoms with van der Waals surface area (Å²) in [5.74, 6) is 0.687. The summed E-state index contributed by atoms with van der Waals surface area (Å²) in [7, 11) is 1.82. The minimum absolute atomic E-state index is 0.0716. The van der Waals surface area contributed by atoms with Gasteiger partial charge in [-0.25, -0.2) is 0 Å². The summed E-state index contributed by atoms with van der Waals surface area (Å²) in [5.41, 5.74) is 9.19. The first-order valence-electron chi connectivity index (χ1n) is 7.70. The first-order chi connectivity index (χ1) is 11.3. The summed E-state index contributed by atoms with van der Waals surface area (Å²) < 4.78 is 1.80. The number of carbonyl (C=O) groups is 2. The van der Waals surface area contributed by atoms with Gasteiger partial charge in [-0.1, -0.05) is 17.8 Å². The molecule has 0 saturated carbocycles.